The predicted molar refractivity (Wildman–Crippen MR) is 106 cm³/mol. The van der Waals surface area contributed by atoms with E-state index < -0.39 is 11.6 Å². The number of rotatable bonds is 4. The van der Waals surface area contributed by atoms with Gasteiger partial charge in [0.25, 0.3) is 5.91 Å². The zero-order chi connectivity index (χ0) is 19.4. The SMILES string of the molecule is CC(NC(=O)CN1C(=O)NC2(CCCCCCC2)C1=O)c1ccc(Br)cc1. The summed E-state index contributed by atoms with van der Waals surface area (Å²) in [4.78, 5) is 38.9. The summed E-state index contributed by atoms with van der Waals surface area (Å²) >= 11 is 3.39. The van der Waals surface area contributed by atoms with Crippen molar-refractivity contribution in [3.63, 3.8) is 0 Å². The summed E-state index contributed by atoms with van der Waals surface area (Å²) < 4.78 is 0.966. The lowest BCUT2D eigenvalue weighted by atomic mass is 9.84. The summed E-state index contributed by atoms with van der Waals surface area (Å²) in [5, 5.41) is 5.75. The van der Waals surface area contributed by atoms with E-state index in [0.29, 0.717) is 12.8 Å². The maximum atomic E-state index is 12.9. The lowest BCUT2D eigenvalue weighted by molar-refractivity contribution is -0.135. The van der Waals surface area contributed by atoms with E-state index in [1.54, 1.807) is 0 Å². The third-order valence-corrected chi connectivity index (χ3v) is 6.03. The number of nitrogens with one attached hydrogen (secondary N) is 2. The van der Waals surface area contributed by atoms with E-state index >= 15 is 0 Å². The van der Waals surface area contributed by atoms with Gasteiger partial charge in [-0.2, -0.15) is 0 Å². The molecule has 1 aliphatic carbocycles. The molecule has 1 saturated heterocycles. The molecule has 0 aromatic heterocycles. The van der Waals surface area contributed by atoms with Crippen molar-refractivity contribution >= 4 is 33.8 Å². The highest BCUT2D eigenvalue weighted by molar-refractivity contribution is 9.10. The molecule has 2 N–H and O–H groups in total. The maximum absolute atomic E-state index is 12.9. The Morgan fingerprint density at radius 3 is 2.37 bits per heavy atom. The first kappa shape index (κ1) is 19.9. The molecule has 0 bridgehead atoms. The number of amides is 4. The number of hydrogen-bond acceptors (Lipinski definition) is 3. The molecule has 6 nitrogen and oxygen atoms in total. The lowest BCUT2D eigenvalue weighted by Gasteiger charge is -2.28. The Morgan fingerprint density at radius 2 is 1.74 bits per heavy atom. The molecule has 1 spiro atoms. The number of carbonyl (C=O) groups excluding carboxylic acids is 3. The Hall–Kier alpha value is -1.89. The molecule has 1 atom stereocenters. The minimum Gasteiger partial charge on any atom is -0.348 e. The molecular formula is C20H26BrN3O3. The first-order valence-electron chi connectivity index (χ1n) is 9.60. The van der Waals surface area contributed by atoms with Crippen molar-refractivity contribution in [2.24, 2.45) is 0 Å². The normalized spacial score (nSPS) is 20.7. The van der Waals surface area contributed by atoms with Crippen LogP contribution >= 0.6 is 15.9 Å². The van der Waals surface area contributed by atoms with Crippen molar-refractivity contribution in [3.05, 3.63) is 34.3 Å². The third-order valence-electron chi connectivity index (χ3n) is 5.50. The van der Waals surface area contributed by atoms with Gasteiger partial charge in [-0.3, -0.25) is 14.5 Å². The first-order chi connectivity index (χ1) is 12.9. The van der Waals surface area contributed by atoms with Crippen LogP contribution in [-0.4, -0.2) is 34.8 Å². The highest BCUT2D eigenvalue weighted by Gasteiger charge is 2.50. The van der Waals surface area contributed by atoms with E-state index in [1.807, 2.05) is 31.2 Å². The Balaban J connectivity index is 1.62. The Morgan fingerprint density at radius 1 is 1.15 bits per heavy atom. The minimum atomic E-state index is -0.810. The Bertz CT molecular complexity index is 712. The van der Waals surface area contributed by atoms with Gasteiger partial charge in [-0.25, -0.2) is 4.79 Å². The van der Waals surface area contributed by atoms with Crippen LogP contribution in [0.3, 0.4) is 0 Å². The predicted octanol–water partition coefficient (Wildman–Crippen LogP) is 3.66. The number of benzene rings is 1. The van der Waals surface area contributed by atoms with Crippen LogP contribution in [0.1, 0.15) is 63.5 Å². The van der Waals surface area contributed by atoms with Crippen LogP contribution < -0.4 is 10.6 Å². The number of urea groups is 1. The molecule has 1 aromatic rings. The van der Waals surface area contributed by atoms with Crippen molar-refractivity contribution in [1.82, 2.24) is 15.5 Å². The van der Waals surface area contributed by atoms with Gasteiger partial charge in [-0.05, 0) is 37.5 Å². The van der Waals surface area contributed by atoms with E-state index in [2.05, 4.69) is 26.6 Å². The van der Waals surface area contributed by atoms with Gasteiger partial charge in [0.1, 0.15) is 12.1 Å². The van der Waals surface area contributed by atoms with Crippen molar-refractivity contribution < 1.29 is 14.4 Å². The molecule has 1 aliphatic heterocycles. The van der Waals surface area contributed by atoms with Crippen LogP contribution in [0.5, 0.6) is 0 Å². The van der Waals surface area contributed by atoms with Crippen molar-refractivity contribution in [2.75, 3.05) is 6.54 Å². The van der Waals surface area contributed by atoms with Gasteiger partial charge in [-0.1, -0.05) is 60.2 Å². The molecule has 1 heterocycles. The fourth-order valence-corrected chi connectivity index (χ4v) is 4.20. The quantitative estimate of drug-likeness (QED) is 0.708. The lowest BCUT2D eigenvalue weighted by Crippen LogP contribution is -2.48. The van der Waals surface area contributed by atoms with E-state index in [0.717, 1.165) is 40.6 Å². The minimum absolute atomic E-state index is 0.207. The number of imide groups is 1. The van der Waals surface area contributed by atoms with Gasteiger partial charge in [0, 0.05) is 4.47 Å². The van der Waals surface area contributed by atoms with Gasteiger partial charge in [-0.15, -0.1) is 0 Å². The molecular weight excluding hydrogens is 410 g/mol. The molecule has 27 heavy (non-hydrogen) atoms. The van der Waals surface area contributed by atoms with E-state index in [-0.39, 0.29) is 24.4 Å². The van der Waals surface area contributed by atoms with Gasteiger partial charge < -0.3 is 10.6 Å². The smallest absolute Gasteiger partial charge is 0.325 e. The molecule has 3 rings (SSSR count). The molecule has 2 aliphatic rings. The van der Waals surface area contributed by atoms with Crippen LogP contribution in [0.4, 0.5) is 4.79 Å². The van der Waals surface area contributed by atoms with Crippen LogP contribution in [0, 0.1) is 0 Å². The summed E-state index contributed by atoms with van der Waals surface area (Å²) in [6, 6.07) is 7.01. The maximum Gasteiger partial charge on any atom is 0.325 e. The van der Waals surface area contributed by atoms with Crippen LogP contribution in [0.2, 0.25) is 0 Å². The molecule has 146 valence electrons. The van der Waals surface area contributed by atoms with Gasteiger partial charge in [0.05, 0.1) is 6.04 Å². The zero-order valence-electron chi connectivity index (χ0n) is 15.6. The van der Waals surface area contributed by atoms with E-state index in [4.69, 9.17) is 0 Å². The number of carbonyl (C=O) groups is 3. The third kappa shape index (κ3) is 4.51. The van der Waals surface area contributed by atoms with Crippen LogP contribution in [-0.2, 0) is 9.59 Å². The van der Waals surface area contributed by atoms with Gasteiger partial charge in [0.15, 0.2) is 0 Å². The Kier molecular flexibility index (Phi) is 6.19. The number of hydrogen-bond donors (Lipinski definition) is 2. The fourth-order valence-electron chi connectivity index (χ4n) is 3.93. The highest BCUT2D eigenvalue weighted by atomic mass is 79.9. The van der Waals surface area contributed by atoms with Crippen LogP contribution in [0.25, 0.3) is 0 Å². The zero-order valence-corrected chi connectivity index (χ0v) is 17.2. The summed E-state index contributed by atoms with van der Waals surface area (Å²) in [6.45, 7) is 1.64. The van der Waals surface area contributed by atoms with Crippen molar-refractivity contribution in [3.8, 4) is 0 Å². The van der Waals surface area contributed by atoms with Gasteiger partial charge in [0.2, 0.25) is 5.91 Å². The molecule has 0 radical (unpaired) electrons. The summed E-state index contributed by atoms with van der Waals surface area (Å²) in [5.74, 6) is -0.586. The largest absolute Gasteiger partial charge is 0.348 e. The number of nitrogens with zero attached hydrogens (tertiary/aromatic N) is 1. The molecule has 1 aromatic carbocycles. The summed E-state index contributed by atoms with van der Waals surface area (Å²) in [5.41, 5.74) is 0.148. The average Bonchev–Trinajstić information content (AvgIpc) is 2.84. The average molecular weight is 436 g/mol. The summed E-state index contributed by atoms with van der Waals surface area (Å²) in [6.07, 6.45) is 6.50. The second-order valence-electron chi connectivity index (χ2n) is 7.51. The second-order valence-corrected chi connectivity index (χ2v) is 8.43. The first-order valence-corrected chi connectivity index (χ1v) is 10.4. The summed E-state index contributed by atoms with van der Waals surface area (Å²) in [7, 11) is 0. The van der Waals surface area contributed by atoms with Crippen molar-refractivity contribution in [2.45, 2.75) is 63.5 Å². The molecule has 1 saturated carbocycles. The number of halogens is 1. The van der Waals surface area contributed by atoms with Crippen LogP contribution in [0.15, 0.2) is 28.7 Å². The second kappa shape index (κ2) is 8.42. The van der Waals surface area contributed by atoms with E-state index in [1.165, 1.54) is 6.42 Å². The molecule has 1 unspecified atom stereocenters. The van der Waals surface area contributed by atoms with Gasteiger partial charge >= 0.3 is 6.03 Å². The standard InChI is InChI=1S/C20H26BrN3O3/c1-14(15-7-9-16(21)10-8-15)22-17(25)13-24-18(26)20(23-19(24)27)11-5-3-2-4-6-12-20/h7-10,14H,2-6,11-13H2,1H3,(H,22,25)(H,23,27). The molecule has 2 fully saturated rings. The Labute approximate surface area is 168 Å². The van der Waals surface area contributed by atoms with Crippen molar-refractivity contribution in [1.29, 1.82) is 0 Å². The monoisotopic (exact) mass is 435 g/mol. The highest BCUT2D eigenvalue weighted by Crippen LogP contribution is 2.32. The fraction of sp³-hybridized carbons (Fsp3) is 0.550. The molecule has 7 heteroatoms. The van der Waals surface area contributed by atoms with E-state index in [9.17, 15) is 14.4 Å². The topological polar surface area (TPSA) is 78.5 Å². The molecule has 4 amide bonds.